The fraction of sp³-hybridized carbons (Fsp3) is 0.314. The van der Waals surface area contributed by atoms with Crippen molar-refractivity contribution in [1.82, 2.24) is 14.8 Å². The molecule has 7 rings (SSSR count). The third kappa shape index (κ3) is 4.66. The summed E-state index contributed by atoms with van der Waals surface area (Å²) in [4.78, 5) is 58.0. The molecule has 43 heavy (non-hydrogen) atoms. The number of pyridine rings is 1. The number of benzene rings is 3. The number of hydrogen-bond acceptors (Lipinski definition) is 5. The first-order valence-electron chi connectivity index (χ1n) is 15.0. The van der Waals surface area contributed by atoms with E-state index in [9.17, 15) is 19.2 Å². The zero-order valence-electron chi connectivity index (χ0n) is 24.2. The Balaban J connectivity index is 1.30. The van der Waals surface area contributed by atoms with Gasteiger partial charge in [-0.15, -0.1) is 0 Å². The fourth-order valence-corrected chi connectivity index (χ4v) is 7.42. The van der Waals surface area contributed by atoms with Crippen LogP contribution in [0.5, 0.6) is 0 Å². The molecular weight excluding hydrogens is 540 g/mol. The number of nitrogens with zero attached hydrogens (tertiary/aromatic N) is 3. The fourth-order valence-electron chi connectivity index (χ4n) is 7.42. The van der Waals surface area contributed by atoms with E-state index in [1.54, 1.807) is 24.3 Å². The number of aromatic nitrogens is 1. The van der Waals surface area contributed by atoms with Crippen molar-refractivity contribution in [2.24, 2.45) is 11.3 Å². The van der Waals surface area contributed by atoms with Gasteiger partial charge in [-0.25, -0.2) is 9.69 Å². The molecule has 3 aliphatic rings. The Labute approximate surface area is 249 Å². The van der Waals surface area contributed by atoms with Crippen molar-refractivity contribution in [3.8, 4) is 0 Å². The molecule has 3 aromatic carbocycles. The van der Waals surface area contributed by atoms with Crippen molar-refractivity contribution in [3.63, 3.8) is 0 Å². The molecule has 1 aromatic heterocycles. The number of anilines is 1. The van der Waals surface area contributed by atoms with Crippen LogP contribution in [-0.2, 0) is 29.0 Å². The van der Waals surface area contributed by atoms with Gasteiger partial charge in [0.25, 0.3) is 11.5 Å². The zero-order chi connectivity index (χ0) is 29.7. The molecule has 3 atom stereocenters. The Morgan fingerprint density at radius 1 is 0.837 bits per heavy atom. The van der Waals surface area contributed by atoms with Gasteiger partial charge < -0.3 is 9.47 Å². The van der Waals surface area contributed by atoms with Gasteiger partial charge >= 0.3 is 6.03 Å². The smallest absolute Gasteiger partial charge is 0.312 e. The molecule has 8 nitrogen and oxygen atoms in total. The second-order valence-electron chi connectivity index (χ2n) is 12.2. The first kappa shape index (κ1) is 27.3. The number of piperidine rings is 1. The summed E-state index contributed by atoms with van der Waals surface area (Å²) < 4.78 is 1.88. The number of urea groups is 1. The monoisotopic (exact) mass is 574 g/mol. The molecule has 1 N–H and O–H groups in total. The van der Waals surface area contributed by atoms with Gasteiger partial charge in [0, 0.05) is 43.9 Å². The Hall–Kier alpha value is -4.56. The molecule has 0 saturated carbocycles. The standard InChI is InChI=1S/C35H34N4O4/c1-2-23-13-15-28(16-14-23)39-33(42)35(32(41)36-34(39)43,18-26-9-5-8-25-7-3-4-10-29(25)26)22-37-19-24-17-27(21-37)30-11-6-12-31(40)38(30)20-24/h3-16,24,27H,2,17-22H2,1H3,(H,36,41,43)/t24-,27-,35+/m1/s1. The predicted octanol–water partition coefficient (Wildman–Crippen LogP) is 4.50. The molecule has 218 valence electrons. The van der Waals surface area contributed by atoms with Crippen LogP contribution in [0.1, 0.15) is 36.1 Å². The van der Waals surface area contributed by atoms with E-state index >= 15 is 0 Å². The number of likely N-dealkylation sites (tertiary alicyclic amines) is 1. The molecule has 0 spiro atoms. The van der Waals surface area contributed by atoms with Gasteiger partial charge in [-0.3, -0.25) is 19.7 Å². The molecule has 3 aliphatic heterocycles. The second-order valence-corrected chi connectivity index (χ2v) is 12.2. The van der Waals surface area contributed by atoms with Crippen molar-refractivity contribution >= 4 is 34.3 Å². The summed E-state index contributed by atoms with van der Waals surface area (Å²) in [5, 5.41) is 4.57. The number of hydrogen-bond donors (Lipinski definition) is 1. The van der Waals surface area contributed by atoms with E-state index in [0.717, 1.165) is 45.3 Å². The van der Waals surface area contributed by atoms with Crippen molar-refractivity contribution in [1.29, 1.82) is 0 Å². The summed E-state index contributed by atoms with van der Waals surface area (Å²) in [6, 6.07) is 25.9. The minimum atomic E-state index is -1.54. The van der Waals surface area contributed by atoms with E-state index in [-0.39, 0.29) is 30.4 Å². The van der Waals surface area contributed by atoms with Gasteiger partial charge in [-0.05, 0) is 65.3 Å². The van der Waals surface area contributed by atoms with Crippen LogP contribution in [-0.4, -0.2) is 46.9 Å². The highest BCUT2D eigenvalue weighted by molar-refractivity contribution is 6.30. The van der Waals surface area contributed by atoms with Crippen molar-refractivity contribution < 1.29 is 14.4 Å². The number of fused-ring (bicyclic) bond motifs is 5. The number of amides is 4. The van der Waals surface area contributed by atoms with Crippen LogP contribution in [0.2, 0.25) is 0 Å². The van der Waals surface area contributed by atoms with E-state index in [1.807, 2.05) is 72.2 Å². The third-order valence-electron chi connectivity index (χ3n) is 9.49. The summed E-state index contributed by atoms with van der Waals surface area (Å²) in [5.41, 5.74) is 1.89. The summed E-state index contributed by atoms with van der Waals surface area (Å²) in [6.07, 6.45) is 1.94. The van der Waals surface area contributed by atoms with Gasteiger partial charge in [0.2, 0.25) is 5.91 Å². The number of carbonyl (C=O) groups excluding carboxylic acids is 3. The Kier molecular flexibility index (Phi) is 6.73. The van der Waals surface area contributed by atoms with Crippen molar-refractivity contribution in [2.45, 2.75) is 38.6 Å². The average Bonchev–Trinajstić information content (AvgIpc) is 3.01. The number of carbonyl (C=O) groups is 3. The molecule has 0 aliphatic carbocycles. The second kappa shape index (κ2) is 10.6. The maximum absolute atomic E-state index is 14.7. The summed E-state index contributed by atoms with van der Waals surface area (Å²) in [7, 11) is 0. The van der Waals surface area contributed by atoms with Gasteiger partial charge in [-0.1, -0.05) is 67.6 Å². The Bertz CT molecular complexity index is 1810. The molecule has 0 radical (unpaired) electrons. The first-order valence-corrected chi connectivity index (χ1v) is 15.0. The number of aryl methyl sites for hydroxylation is 1. The number of barbiturate groups is 1. The molecule has 0 unspecified atom stereocenters. The zero-order valence-corrected chi connectivity index (χ0v) is 24.2. The minimum absolute atomic E-state index is 0.0122. The van der Waals surface area contributed by atoms with Gasteiger partial charge in [0.15, 0.2) is 0 Å². The van der Waals surface area contributed by atoms with Gasteiger partial charge in [-0.2, -0.15) is 0 Å². The summed E-state index contributed by atoms with van der Waals surface area (Å²) in [6.45, 7) is 4.12. The maximum atomic E-state index is 14.7. The Morgan fingerprint density at radius 3 is 2.42 bits per heavy atom. The van der Waals surface area contributed by atoms with Crippen LogP contribution in [0.4, 0.5) is 10.5 Å². The third-order valence-corrected chi connectivity index (χ3v) is 9.49. The number of nitrogens with one attached hydrogen (secondary N) is 1. The van der Waals surface area contributed by atoms with Crippen LogP contribution in [0.3, 0.4) is 0 Å². The predicted molar refractivity (Wildman–Crippen MR) is 165 cm³/mol. The highest BCUT2D eigenvalue weighted by Gasteiger charge is 2.56. The van der Waals surface area contributed by atoms with Crippen molar-refractivity contribution in [2.75, 3.05) is 24.5 Å². The highest BCUT2D eigenvalue weighted by atomic mass is 16.2. The maximum Gasteiger partial charge on any atom is 0.335 e. The van der Waals surface area contributed by atoms with Crippen LogP contribution >= 0.6 is 0 Å². The Morgan fingerprint density at radius 2 is 1.60 bits per heavy atom. The quantitative estimate of drug-likeness (QED) is 0.343. The lowest BCUT2D eigenvalue weighted by Gasteiger charge is -2.47. The molecule has 2 bridgehead atoms. The van der Waals surface area contributed by atoms with Crippen molar-refractivity contribution in [3.05, 3.63) is 112 Å². The molecule has 2 fully saturated rings. The minimum Gasteiger partial charge on any atom is -0.312 e. The number of rotatable bonds is 6. The van der Waals surface area contributed by atoms with E-state index in [4.69, 9.17) is 0 Å². The molecule has 8 heteroatoms. The lowest BCUT2D eigenvalue weighted by atomic mass is 9.75. The van der Waals surface area contributed by atoms with Gasteiger partial charge in [0.1, 0.15) is 5.41 Å². The molecule has 4 aromatic rings. The van der Waals surface area contributed by atoms with Crippen LogP contribution in [0, 0.1) is 11.3 Å². The SMILES string of the molecule is CCc1ccc(N2C(=O)NC(=O)[C@](Cc3cccc4ccccc34)(CN3C[C@H]4C[C@H](C3)c3cccc(=O)n3C4)C2=O)cc1. The molecule has 4 heterocycles. The topological polar surface area (TPSA) is 91.7 Å². The van der Waals surface area contributed by atoms with E-state index in [0.29, 0.717) is 25.3 Å². The van der Waals surface area contributed by atoms with E-state index in [1.165, 1.54) is 0 Å². The number of imide groups is 2. The summed E-state index contributed by atoms with van der Waals surface area (Å²) >= 11 is 0. The first-order chi connectivity index (χ1) is 20.9. The highest BCUT2D eigenvalue weighted by Crippen LogP contribution is 2.40. The molecular formula is C35H34N4O4. The largest absolute Gasteiger partial charge is 0.335 e. The average molecular weight is 575 g/mol. The normalized spacial score (nSPS) is 23.7. The van der Waals surface area contributed by atoms with Gasteiger partial charge in [0.05, 0.1) is 5.69 Å². The van der Waals surface area contributed by atoms with Crippen LogP contribution in [0.15, 0.2) is 89.7 Å². The van der Waals surface area contributed by atoms with Crippen LogP contribution < -0.4 is 15.8 Å². The van der Waals surface area contributed by atoms with Crippen LogP contribution in [0.25, 0.3) is 10.8 Å². The van der Waals surface area contributed by atoms with E-state index < -0.39 is 23.3 Å². The lowest BCUT2D eigenvalue weighted by Crippen LogP contribution is -2.68. The summed E-state index contributed by atoms with van der Waals surface area (Å²) in [5.74, 6) is -0.728. The lowest BCUT2D eigenvalue weighted by molar-refractivity contribution is -0.144. The molecule has 2 saturated heterocycles. The molecule has 4 amide bonds. The van der Waals surface area contributed by atoms with E-state index in [2.05, 4.69) is 10.2 Å².